The van der Waals surface area contributed by atoms with Gasteiger partial charge in [0.15, 0.2) is 10.9 Å². The van der Waals surface area contributed by atoms with Crippen molar-refractivity contribution in [3.05, 3.63) is 106 Å². The fraction of sp³-hybridized carbons (Fsp3) is 0.154. The summed E-state index contributed by atoms with van der Waals surface area (Å²) in [7, 11) is 0. The summed E-state index contributed by atoms with van der Waals surface area (Å²) in [5.41, 5.74) is 5.32. The van der Waals surface area contributed by atoms with Crippen LogP contribution in [0.5, 0.6) is 11.5 Å². The third-order valence-corrected chi connectivity index (χ3v) is 5.41. The number of nitrogens with one attached hydrogen (secondary N) is 2. The summed E-state index contributed by atoms with van der Waals surface area (Å²) < 4.78 is 6.03. The second-order valence-corrected chi connectivity index (χ2v) is 8.17. The quantitative estimate of drug-likeness (QED) is 0.399. The Balaban J connectivity index is 1.63. The zero-order chi connectivity index (χ0) is 22.0. The molecule has 0 radical (unpaired) electrons. The number of allylic oxidation sites excluding steroid dienone is 1. The van der Waals surface area contributed by atoms with Crippen molar-refractivity contribution in [1.82, 2.24) is 10.6 Å². The maximum absolute atomic E-state index is 13.3. The summed E-state index contributed by atoms with van der Waals surface area (Å²) in [6, 6.07) is 22.9. The number of benzene rings is 3. The summed E-state index contributed by atoms with van der Waals surface area (Å²) in [4.78, 5) is 13.3. The molecule has 1 unspecified atom stereocenters. The average molecular weight is 429 g/mol. The Labute approximate surface area is 188 Å². The highest BCUT2D eigenvalue weighted by Crippen LogP contribution is 2.31. The molecular formula is C26H24N2O2S. The molecule has 0 amide bonds. The number of ketones is 1. The first-order valence-corrected chi connectivity index (χ1v) is 10.6. The number of ether oxygens (including phenoxy) is 1. The minimum atomic E-state index is -0.336. The van der Waals surface area contributed by atoms with Crippen LogP contribution >= 0.6 is 12.2 Å². The van der Waals surface area contributed by atoms with Crippen LogP contribution in [0.4, 0.5) is 0 Å². The molecule has 1 aliphatic rings. The zero-order valence-corrected chi connectivity index (χ0v) is 18.5. The Morgan fingerprint density at radius 3 is 2.16 bits per heavy atom. The van der Waals surface area contributed by atoms with E-state index >= 15 is 0 Å². The maximum atomic E-state index is 13.3. The number of rotatable bonds is 5. The first kappa shape index (κ1) is 20.8. The van der Waals surface area contributed by atoms with Crippen LogP contribution in [0.15, 0.2) is 84.1 Å². The number of hydrogen-bond acceptors (Lipinski definition) is 3. The van der Waals surface area contributed by atoms with Gasteiger partial charge in [-0.2, -0.15) is 0 Å². The molecule has 156 valence electrons. The van der Waals surface area contributed by atoms with Gasteiger partial charge in [-0.25, -0.2) is 0 Å². The van der Waals surface area contributed by atoms with Crippen molar-refractivity contribution in [2.45, 2.75) is 26.8 Å². The summed E-state index contributed by atoms with van der Waals surface area (Å²) in [6.45, 7) is 5.98. The van der Waals surface area contributed by atoms with E-state index in [4.69, 9.17) is 17.0 Å². The largest absolute Gasteiger partial charge is 0.457 e. The van der Waals surface area contributed by atoms with Gasteiger partial charge in [-0.05, 0) is 73.9 Å². The van der Waals surface area contributed by atoms with Gasteiger partial charge in [-0.1, -0.05) is 48.5 Å². The van der Waals surface area contributed by atoms with Crippen LogP contribution in [-0.4, -0.2) is 10.9 Å². The van der Waals surface area contributed by atoms with Gasteiger partial charge in [0.25, 0.3) is 0 Å². The lowest BCUT2D eigenvalue weighted by molar-refractivity contribution is 0.102. The molecule has 0 spiro atoms. The fourth-order valence-electron chi connectivity index (χ4n) is 3.85. The third-order valence-electron chi connectivity index (χ3n) is 5.19. The molecule has 0 aliphatic carbocycles. The van der Waals surface area contributed by atoms with Crippen molar-refractivity contribution in [2.24, 2.45) is 0 Å². The molecule has 0 aromatic heterocycles. The highest BCUT2D eigenvalue weighted by molar-refractivity contribution is 7.80. The van der Waals surface area contributed by atoms with E-state index in [-0.39, 0.29) is 11.8 Å². The molecule has 0 saturated heterocycles. The van der Waals surface area contributed by atoms with Crippen molar-refractivity contribution in [3.8, 4) is 11.5 Å². The van der Waals surface area contributed by atoms with Crippen molar-refractivity contribution < 1.29 is 9.53 Å². The van der Waals surface area contributed by atoms with Gasteiger partial charge in [0.1, 0.15) is 11.5 Å². The van der Waals surface area contributed by atoms with Crippen molar-refractivity contribution >= 4 is 23.1 Å². The molecule has 3 aromatic rings. The van der Waals surface area contributed by atoms with Crippen LogP contribution < -0.4 is 15.4 Å². The summed E-state index contributed by atoms with van der Waals surface area (Å²) in [5, 5.41) is 6.84. The normalized spacial score (nSPS) is 15.8. The van der Waals surface area contributed by atoms with Crippen LogP contribution in [0.1, 0.15) is 40.0 Å². The Kier molecular flexibility index (Phi) is 5.87. The summed E-state index contributed by atoms with van der Waals surface area (Å²) >= 11 is 5.36. The van der Waals surface area contributed by atoms with E-state index in [1.54, 1.807) is 0 Å². The molecule has 0 fully saturated rings. The van der Waals surface area contributed by atoms with E-state index in [0.29, 0.717) is 16.2 Å². The van der Waals surface area contributed by atoms with Gasteiger partial charge < -0.3 is 15.4 Å². The molecule has 1 heterocycles. The molecule has 0 saturated carbocycles. The Hall–Kier alpha value is -3.44. The van der Waals surface area contributed by atoms with Gasteiger partial charge in [-0.3, -0.25) is 4.79 Å². The lowest BCUT2D eigenvalue weighted by Crippen LogP contribution is -2.44. The first-order valence-electron chi connectivity index (χ1n) is 10.1. The standard InChI is InChI=1S/C26H24N2O2S/c1-16-13-17(2)15-22(14-16)30-21-11-9-19(10-12-21)24-23(18(3)27-26(31)28-24)25(29)20-7-5-4-6-8-20/h4-15,24H,1-3H3,(H2,27,28,31). The molecule has 4 rings (SSSR count). The number of carbonyl (C=O) groups excluding carboxylic acids is 1. The summed E-state index contributed by atoms with van der Waals surface area (Å²) in [5.74, 6) is 1.52. The predicted molar refractivity (Wildman–Crippen MR) is 128 cm³/mol. The molecule has 4 nitrogen and oxygen atoms in total. The van der Waals surface area contributed by atoms with Gasteiger partial charge >= 0.3 is 0 Å². The van der Waals surface area contributed by atoms with Crippen LogP contribution in [0.2, 0.25) is 0 Å². The predicted octanol–water partition coefficient (Wildman–Crippen LogP) is 5.77. The highest BCUT2D eigenvalue weighted by atomic mass is 32.1. The van der Waals surface area contributed by atoms with E-state index in [1.165, 1.54) is 0 Å². The van der Waals surface area contributed by atoms with E-state index in [0.717, 1.165) is 33.9 Å². The molecule has 2 N–H and O–H groups in total. The SMILES string of the molecule is CC1=C(C(=O)c2ccccc2)C(c2ccc(Oc3cc(C)cc(C)c3)cc2)NC(=S)N1. The highest BCUT2D eigenvalue weighted by Gasteiger charge is 2.30. The second-order valence-electron chi connectivity index (χ2n) is 7.76. The lowest BCUT2D eigenvalue weighted by Gasteiger charge is -2.30. The van der Waals surface area contributed by atoms with Gasteiger partial charge in [0.05, 0.1) is 6.04 Å². The molecule has 1 atom stereocenters. The zero-order valence-electron chi connectivity index (χ0n) is 17.7. The Morgan fingerprint density at radius 2 is 1.52 bits per heavy atom. The Bertz CT molecular complexity index is 1150. The van der Waals surface area contributed by atoms with E-state index < -0.39 is 0 Å². The number of Topliss-reactive ketones (excluding diaryl/α,β-unsaturated/α-hetero) is 1. The number of aryl methyl sites for hydroxylation is 2. The van der Waals surface area contributed by atoms with Crippen molar-refractivity contribution in [1.29, 1.82) is 0 Å². The van der Waals surface area contributed by atoms with Crippen LogP contribution in [0.25, 0.3) is 0 Å². The van der Waals surface area contributed by atoms with E-state index in [1.807, 2.05) is 73.7 Å². The molecule has 31 heavy (non-hydrogen) atoms. The molecule has 0 bridgehead atoms. The minimum Gasteiger partial charge on any atom is -0.457 e. The van der Waals surface area contributed by atoms with Crippen LogP contribution in [-0.2, 0) is 0 Å². The number of carbonyl (C=O) groups is 1. The van der Waals surface area contributed by atoms with Crippen molar-refractivity contribution in [3.63, 3.8) is 0 Å². The van der Waals surface area contributed by atoms with Gasteiger partial charge in [-0.15, -0.1) is 0 Å². The second kappa shape index (κ2) is 8.74. The third kappa shape index (κ3) is 4.67. The Morgan fingerprint density at radius 1 is 0.871 bits per heavy atom. The molecule has 3 aromatic carbocycles. The van der Waals surface area contributed by atoms with E-state index in [2.05, 4.69) is 30.5 Å². The first-order chi connectivity index (χ1) is 14.9. The number of thiocarbonyl (C=S) groups is 1. The fourth-order valence-corrected chi connectivity index (χ4v) is 4.12. The lowest BCUT2D eigenvalue weighted by atomic mass is 9.90. The maximum Gasteiger partial charge on any atom is 0.193 e. The smallest absolute Gasteiger partial charge is 0.193 e. The van der Waals surface area contributed by atoms with E-state index in [9.17, 15) is 4.79 Å². The van der Waals surface area contributed by atoms with Crippen LogP contribution in [0, 0.1) is 13.8 Å². The number of hydrogen-bond donors (Lipinski definition) is 2. The topological polar surface area (TPSA) is 50.4 Å². The molecule has 5 heteroatoms. The summed E-state index contributed by atoms with van der Waals surface area (Å²) in [6.07, 6.45) is 0. The molecular weight excluding hydrogens is 404 g/mol. The van der Waals surface area contributed by atoms with Crippen LogP contribution in [0.3, 0.4) is 0 Å². The minimum absolute atomic E-state index is 0.0267. The average Bonchev–Trinajstić information content (AvgIpc) is 2.73. The molecule has 1 aliphatic heterocycles. The monoisotopic (exact) mass is 428 g/mol. The van der Waals surface area contributed by atoms with Gasteiger partial charge in [0.2, 0.25) is 0 Å². The van der Waals surface area contributed by atoms with Crippen molar-refractivity contribution in [2.75, 3.05) is 0 Å². The van der Waals surface area contributed by atoms with Gasteiger partial charge in [0, 0.05) is 16.8 Å².